The lowest BCUT2D eigenvalue weighted by Crippen LogP contribution is -2.13. The Bertz CT molecular complexity index is 346. The molecule has 0 unspecified atom stereocenters. The second-order valence-electron chi connectivity index (χ2n) is 4.28. The highest BCUT2D eigenvalue weighted by Gasteiger charge is 2.14. The number of nitrogens with two attached hydrogens (primary N) is 1. The zero-order valence-corrected chi connectivity index (χ0v) is 9.66. The van der Waals surface area contributed by atoms with Crippen LogP contribution in [0.5, 0.6) is 0 Å². The molecule has 0 amide bonds. The molecule has 1 aromatic rings. The van der Waals surface area contributed by atoms with Gasteiger partial charge in [0.2, 0.25) is 5.95 Å². The topological polar surface area (TPSA) is 75.9 Å². The lowest BCUT2D eigenvalue weighted by molar-refractivity contribution is 0.579. The van der Waals surface area contributed by atoms with Gasteiger partial charge in [0.1, 0.15) is 11.6 Å². The highest BCUT2D eigenvalue weighted by molar-refractivity contribution is 5.50. The number of nitrogen functional groups attached to an aromatic ring is 1. The van der Waals surface area contributed by atoms with Crippen LogP contribution in [-0.4, -0.2) is 23.6 Å². The average molecular weight is 221 g/mol. The van der Waals surface area contributed by atoms with Gasteiger partial charge in [0.25, 0.3) is 0 Å². The van der Waals surface area contributed by atoms with E-state index in [1.807, 2.05) is 13.1 Å². The fourth-order valence-corrected chi connectivity index (χ4v) is 2.15. The molecule has 1 aliphatic carbocycles. The molecule has 0 radical (unpaired) electrons. The van der Waals surface area contributed by atoms with Gasteiger partial charge in [-0.1, -0.05) is 12.8 Å². The summed E-state index contributed by atoms with van der Waals surface area (Å²) in [6, 6.07) is 1.88. The highest BCUT2D eigenvalue weighted by Crippen LogP contribution is 2.25. The number of rotatable bonds is 4. The smallest absolute Gasteiger partial charge is 0.223 e. The predicted molar refractivity (Wildman–Crippen MR) is 66.4 cm³/mol. The van der Waals surface area contributed by atoms with Crippen LogP contribution >= 0.6 is 0 Å². The molecule has 0 spiro atoms. The fourth-order valence-electron chi connectivity index (χ4n) is 2.15. The predicted octanol–water partition coefficient (Wildman–Crippen LogP) is 1.70. The zero-order chi connectivity index (χ0) is 11.4. The van der Waals surface area contributed by atoms with E-state index in [4.69, 9.17) is 5.73 Å². The van der Waals surface area contributed by atoms with Crippen molar-refractivity contribution in [3.05, 3.63) is 6.07 Å². The minimum absolute atomic E-state index is 0.306. The minimum Gasteiger partial charge on any atom is -0.373 e. The van der Waals surface area contributed by atoms with E-state index in [2.05, 4.69) is 20.6 Å². The number of aromatic nitrogens is 2. The molecular weight excluding hydrogens is 202 g/mol. The van der Waals surface area contributed by atoms with Gasteiger partial charge in [-0.05, 0) is 18.8 Å². The Morgan fingerprint density at radius 3 is 2.69 bits per heavy atom. The Morgan fingerprint density at radius 2 is 2.00 bits per heavy atom. The molecule has 0 saturated heterocycles. The number of anilines is 3. The van der Waals surface area contributed by atoms with Gasteiger partial charge in [0.15, 0.2) is 0 Å². The normalized spacial score (nSPS) is 16.3. The van der Waals surface area contributed by atoms with E-state index in [1.165, 1.54) is 25.7 Å². The van der Waals surface area contributed by atoms with Gasteiger partial charge in [0.05, 0.1) is 0 Å². The minimum atomic E-state index is 0.306. The van der Waals surface area contributed by atoms with E-state index in [0.29, 0.717) is 5.95 Å². The summed E-state index contributed by atoms with van der Waals surface area (Å²) in [5, 5.41) is 6.30. The van der Waals surface area contributed by atoms with Crippen LogP contribution in [0.2, 0.25) is 0 Å². The molecule has 0 bridgehead atoms. The molecule has 5 nitrogen and oxygen atoms in total. The first-order chi connectivity index (χ1) is 7.78. The summed E-state index contributed by atoms with van der Waals surface area (Å²) >= 11 is 0. The largest absolute Gasteiger partial charge is 0.373 e. The monoisotopic (exact) mass is 221 g/mol. The van der Waals surface area contributed by atoms with E-state index in [0.717, 1.165) is 24.1 Å². The third-order valence-corrected chi connectivity index (χ3v) is 3.05. The molecule has 1 heterocycles. The van der Waals surface area contributed by atoms with Crippen molar-refractivity contribution in [2.24, 2.45) is 5.92 Å². The van der Waals surface area contributed by atoms with Gasteiger partial charge < -0.3 is 16.4 Å². The van der Waals surface area contributed by atoms with Crippen molar-refractivity contribution >= 4 is 17.6 Å². The summed E-state index contributed by atoms with van der Waals surface area (Å²) in [5.41, 5.74) is 5.62. The maximum absolute atomic E-state index is 5.62. The van der Waals surface area contributed by atoms with E-state index in [1.54, 1.807) is 0 Å². The van der Waals surface area contributed by atoms with Crippen LogP contribution < -0.4 is 16.4 Å². The lowest BCUT2D eigenvalue weighted by atomic mass is 10.1. The molecule has 0 aromatic carbocycles. The quantitative estimate of drug-likeness (QED) is 0.721. The second-order valence-corrected chi connectivity index (χ2v) is 4.28. The van der Waals surface area contributed by atoms with Crippen LogP contribution in [0.25, 0.3) is 0 Å². The van der Waals surface area contributed by atoms with Crippen molar-refractivity contribution in [2.45, 2.75) is 25.7 Å². The Hall–Kier alpha value is -1.52. The van der Waals surface area contributed by atoms with Crippen LogP contribution in [0.1, 0.15) is 25.7 Å². The summed E-state index contributed by atoms with van der Waals surface area (Å²) in [4.78, 5) is 8.21. The van der Waals surface area contributed by atoms with Crippen molar-refractivity contribution in [1.82, 2.24) is 9.97 Å². The molecule has 88 valence electrons. The summed E-state index contributed by atoms with van der Waals surface area (Å²) in [7, 11) is 1.82. The summed E-state index contributed by atoms with van der Waals surface area (Å²) in [5.74, 6) is 2.65. The highest BCUT2D eigenvalue weighted by atomic mass is 15.1. The van der Waals surface area contributed by atoms with Crippen LogP contribution in [0.4, 0.5) is 17.6 Å². The SMILES string of the molecule is CNc1cc(NCC2CCCC2)nc(N)n1. The third kappa shape index (κ3) is 2.74. The van der Waals surface area contributed by atoms with Gasteiger partial charge in [0, 0.05) is 19.7 Å². The van der Waals surface area contributed by atoms with Crippen molar-refractivity contribution in [3.8, 4) is 0 Å². The molecular formula is C11H19N5. The van der Waals surface area contributed by atoms with Crippen molar-refractivity contribution < 1.29 is 0 Å². The maximum atomic E-state index is 5.62. The molecule has 5 heteroatoms. The average Bonchev–Trinajstić information content (AvgIpc) is 2.78. The maximum Gasteiger partial charge on any atom is 0.223 e. The third-order valence-electron chi connectivity index (χ3n) is 3.05. The van der Waals surface area contributed by atoms with Crippen LogP contribution in [0.3, 0.4) is 0 Å². The van der Waals surface area contributed by atoms with Crippen LogP contribution in [0.15, 0.2) is 6.07 Å². The summed E-state index contributed by atoms with van der Waals surface area (Å²) in [6.45, 7) is 0.986. The Labute approximate surface area is 95.9 Å². The van der Waals surface area contributed by atoms with Crippen molar-refractivity contribution in [3.63, 3.8) is 0 Å². The van der Waals surface area contributed by atoms with Crippen molar-refractivity contribution in [2.75, 3.05) is 30.0 Å². The second kappa shape index (κ2) is 5.01. The van der Waals surface area contributed by atoms with Crippen molar-refractivity contribution in [1.29, 1.82) is 0 Å². The molecule has 1 saturated carbocycles. The first-order valence-electron chi connectivity index (χ1n) is 5.84. The molecule has 2 rings (SSSR count). The summed E-state index contributed by atoms with van der Waals surface area (Å²) < 4.78 is 0. The molecule has 0 atom stereocenters. The Kier molecular flexibility index (Phi) is 3.44. The molecule has 1 fully saturated rings. The van der Waals surface area contributed by atoms with E-state index in [-0.39, 0.29) is 0 Å². The number of hydrogen-bond acceptors (Lipinski definition) is 5. The number of nitrogens with one attached hydrogen (secondary N) is 2. The van der Waals surface area contributed by atoms with E-state index < -0.39 is 0 Å². The summed E-state index contributed by atoms with van der Waals surface area (Å²) in [6.07, 6.45) is 5.37. The first kappa shape index (κ1) is 11.0. The van der Waals surface area contributed by atoms with Crippen LogP contribution in [-0.2, 0) is 0 Å². The van der Waals surface area contributed by atoms with Gasteiger partial charge in [-0.3, -0.25) is 0 Å². The van der Waals surface area contributed by atoms with E-state index >= 15 is 0 Å². The van der Waals surface area contributed by atoms with Gasteiger partial charge in [-0.15, -0.1) is 0 Å². The molecule has 0 aliphatic heterocycles. The first-order valence-corrected chi connectivity index (χ1v) is 5.84. The molecule has 4 N–H and O–H groups in total. The van der Waals surface area contributed by atoms with Gasteiger partial charge in [-0.25, -0.2) is 0 Å². The van der Waals surface area contributed by atoms with E-state index in [9.17, 15) is 0 Å². The molecule has 16 heavy (non-hydrogen) atoms. The number of nitrogens with zero attached hydrogens (tertiary/aromatic N) is 2. The molecule has 1 aromatic heterocycles. The Balaban J connectivity index is 1.94. The number of hydrogen-bond donors (Lipinski definition) is 3. The molecule has 1 aliphatic rings. The fraction of sp³-hybridized carbons (Fsp3) is 0.636. The van der Waals surface area contributed by atoms with Gasteiger partial charge in [-0.2, -0.15) is 9.97 Å². The lowest BCUT2D eigenvalue weighted by Gasteiger charge is -2.12. The standard InChI is InChI=1S/C11H19N5/c1-13-9-6-10(16-11(12)15-9)14-7-8-4-2-3-5-8/h6,8H,2-5,7H2,1H3,(H4,12,13,14,15,16). The zero-order valence-electron chi connectivity index (χ0n) is 9.66. The van der Waals surface area contributed by atoms with Gasteiger partial charge >= 0.3 is 0 Å². The van der Waals surface area contributed by atoms with Crippen LogP contribution in [0, 0.1) is 5.92 Å². The Morgan fingerprint density at radius 1 is 1.31 bits per heavy atom.